The van der Waals surface area contributed by atoms with E-state index in [1.807, 2.05) is 43.3 Å². The maximum atomic E-state index is 11.4. The summed E-state index contributed by atoms with van der Waals surface area (Å²) >= 11 is 3.47. The number of halogens is 1. The Morgan fingerprint density at radius 3 is 2.85 bits per heavy atom. The first-order chi connectivity index (χ1) is 9.54. The summed E-state index contributed by atoms with van der Waals surface area (Å²) in [5.74, 6) is 0.00313. The van der Waals surface area contributed by atoms with E-state index < -0.39 is 6.10 Å². The van der Waals surface area contributed by atoms with Gasteiger partial charge in [0.2, 0.25) is 5.91 Å². The van der Waals surface area contributed by atoms with E-state index in [1.165, 1.54) is 0 Å². The molecule has 0 bridgehead atoms. The summed E-state index contributed by atoms with van der Waals surface area (Å²) in [5.41, 5.74) is 4.51. The molecule has 3 rings (SSSR count). The monoisotopic (exact) mass is 331 g/mol. The Morgan fingerprint density at radius 1 is 1.25 bits per heavy atom. The quantitative estimate of drug-likeness (QED) is 0.886. The molecule has 2 aromatic carbocycles. The zero-order chi connectivity index (χ0) is 14.3. The van der Waals surface area contributed by atoms with Crippen molar-refractivity contribution in [3.8, 4) is 0 Å². The van der Waals surface area contributed by atoms with Gasteiger partial charge in [-0.2, -0.15) is 0 Å². The second-order valence-corrected chi connectivity index (χ2v) is 5.92. The number of aliphatic hydroxyl groups excluding tert-OH is 1. The van der Waals surface area contributed by atoms with Gasteiger partial charge in [-0.25, -0.2) is 0 Å². The summed E-state index contributed by atoms with van der Waals surface area (Å²) in [6.45, 7) is 1.99. The summed E-state index contributed by atoms with van der Waals surface area (Å²) in [6, 6.07) is 11.5. The van der Waals surface area contributed by atoms with E-state index in [4.69, 9.17) is 0 Å². The van der Waals surface area contributed by atoms with E-state index in [0.29, 0.717) is 6.42 Å². The Hall–Kier alpha value is -1.65. The van der Waals surface area contributed by atoms with Crippen LogP contribution in [0.15, 0.2) is 40.9 Å². The third kappa shape index (κ3) is 2.37. The molecule has 2 aromatic rings. The van der Waals surface area contributed by atoms with Crippen LogP contribution in [0.4, 0.5) is 5.69 Å². The molecule has 3 nitrogen and oxygen atoms in total. The topological polar surface area (TPSA) is 49.3 Å². The lowest BCUT2D eigenvalue weighted by Gasteiger charge is -2.15. The van der Waals surface area contributed by atoms with Crippen molar-refractivity contribution in [3.05, 3.63) is 63.1 Å². The average Bonchev–Trinajstić information content (AvgIpc) is 2.79. The summed E-state index contributed by atoms with van der Waals surface area (Å²) in [7, 11) is 0. The number of anilines is 1. The van der Waals surface area contributed by atoms with Crippen LogP contribution in [0.2, 0.25) is 0 Å². The molecule has 102 valence electrons. The highest BCUT2D eigenvalue weighted by Crippen LogP contribution is 2.32. The van der Waals surface area contributed by atoms with Crippen LogP contribution in [0.3, 0.4) is 0 Å². The van der Waals surface area contributed by atoms with Gasteiger partial charge in [-0.3, -0.25) is 4.79 Å². The number of nitrogens with one attached hydrogen (secondary N) is 1. The highest BCUT2D eigenvalue weighted by Gasteiger charge is 2.20. The number of aliphatic hydroxyl groups is 1. The van der Waals surface area contributed by atoms with Crippen molar-refractivity contribution in [2.24, 2.45) is 0 Å². The van der Waals surface area contributed by atoms with Crippen LogP contribution < -0.4 is 5.32 Å². The van der Waals surface area contributed by atoms with Gasteiger partial charge in [0.1, 0.15) is 6.10 Å². The third-order valence-corrected chi connectivity index (χ3v) is 4.24. The molecule has 1 atom stereocenters. The lowest BCUT2D eigenvalue weighted by atomic mass is 9.98. The lowest BCUT2D eigenvalue weighted by Crippen LogP contribution is -2.03. The first-order valence-corrected chi connectivity index (χ1v) is 7.20. The Kier molecular flexibility index (Phi) is 3.36. The minimum Gasteiger partial charge on any atom is -0.384 e. The number of carbonyl (C=O) groups excluding carboxylic acids is 1. The molecular weight excluding hydrogens is 318 g/mol. The smallest absolute Gasteiger partial charge is 0.228 e. The summed E-state index contributed by atoms with van der Waals surface area (Å²) in [6.07, 6.45) is -0.324. The van der Waals surface area contributed by atoms with Crippen molar-refractivity contribution in [2.75, 3.05) is 5.32 Å². The van der Waals surface area contributed by atoms with Crippen LogP contribution >= 0.6 is 15.9 Å². The SMILES string of the molecule is Cc1ccc(Br)c(C(O)c2ccc3c(c2)CC(=O)N3)c1. The van der Waals surface area contributed by atoms with Crippen molar-refractivity contribution >= 4 is 27.5 Å². The van der Waals surface area contributed by atoms with Gasteiger partial charge in [-0.1, -0.05) is 45.8 Å². The number of fused-ring (bicyclic) bond motifs is 1. The van der Waals surface area contributed by atoms with Crippen molar-refractivity contribution in [1.29, 1.82) is 0 Å². The Balaban J connectivity index is 1.99. The molecule has 4 heteroatoms. The molecule has 2 N–H and O–H groups in total. The molecular formula is C16H14BrNO2. The fourth-order valence-electron chi connectivity index (χ4n) is 2.47. The number of benzene rings is 2. The maximum absolute atomic E-state index is 11.4. The molecule has 1 unspecified atom stereocenters. The molecule has 0 aliphatic carbocycles. The minimum atomic E-state index is -0.703. The van der Waals surface area contributed by atoms with Gasteiger partial charge in [-0.05, 0) is 35.7 Å². The van der Waals surface area contributed by atoms with Crippen molar-refractivity contribution in [1.82, 2.24) is 0 Å². The van der Waals surface area contributed by atoms with Crippen LogP contribution in [-0.4, -0.2) is 11.0 Å². The van der Waals surface area contributed by atoms with E-state index in [9.17, 15) is 9.90 Å². The van der Waals surface area contributed by atoms with Crippen molar-refractivity contribution in [3.63, 3.8) is 0 Å². The van der Waals surface area contributed by atoms with E-state index >= 15 is 0 Å². The van der Waals surface area contributed by atoms with Gasteiger partial charge in [0, 0.05) is 10.2 Å². The van der Waals surface area contributed by atoms with Gasteiger partial charge < -0.3 is 10.4 Å². The summed E-state index contributed by atoms with van der Waals surface area (Å²) in [5, 5.41) is 13.4. The first kappa shape index (κ1) is 13.3. The molecule has 0 spiro atoms. The van der Waals surface area contributed by atoms with Crippen molar-refractivity contribution < 1.29 is 9.90 Å². The van der Waals surface area contributed by atoms with Gasteiger partial charge >= 0.3 is 0 Å². The number of amides is 1. The zero-order valence-corrected chi connectivity index (χ0v) is 12.6. The predicted octanol–water partition coefficient (Wildman–Crippen LogP) is 3.33. The van der Waals surface area contributed by atoms with E-state index in [0.717, 1.165) is 32.4 Å². The highest BCUT2D eigenvalue weighted by atomic mass is 79.9. The number of hydrogen-bond acceptors (Lipinski definition) is 2. The number of hydrogen-bond donors (Lipinski definition) is 2. The molecule has 1 amide bonds. The minimum absolute atomic E-state index is 0.00313. The van der Waals surface area contributed by atoms with Crippen LogP contribution in [0.5, 0.6) is 0 Å². The van der Waals surface area contributed by atoms with Crippen molar-refractivity contribution in [2.45, 2.75) is 19.4 Å². The Morgan fingerprint density at radius 2 is 2.05 bits per heavy atom. The molecule has 0 radical (unpaired) electrons. The normalized spacial score (nSPS) is 14.8. The standard InChI is InChI=1S/C16H14BrNO2/c1-9-2-4-13(17)12(6-9)16(20)10-3-5-14-11(7-10)8-15(19)18-14/h2-7,16,20H,8H2,1H3,(H,18,19). The molecule has 0 saturated carbocycles. The van der Waals surface area contributed by atoms with E-state index in [-0.39, 0.29) is 5.91 Å². The second kappa shape index (κ2) is 5.04. The third-order valence-electron chi connectivity index (χ3n) is 3.52. The molecule has 1 aliphatic heterocycles. The zero-order valence-electron chi connectivity index (χ0n) is 11.0. The summed E-state index contributed by atoms with van der Waals surface area (Å²) in [4.78, 5) is 11.4. The van der Waals surface area contributed by atoms with Gasteiger partial charge in [-0.15, -0.1) is 0 Å². The van der Waals surface area contributed by atoms with E-state index in [1.54, 1.807) is 0 Å². The molecule has 0 saturated heterocycles. The van der Waals surface area contributed by atoms with Crippen LogP contribution in [-0.2, 0) is 11.2 Å². The molecule has 0 aromatic heterocycles. The largest absolute Gasteiger partial charge is 0.384 e. The second-order valence-electron chi connectivity index (χ2n) is 5.07. The molecule has 20 heavy (non-hydrogen) atoms. The first-order valence-electron chi connectivity index (χ1n) is 6.41. The highest BCUT2D eigenvalue weighted by molar-refractivity contribution is 9.10. The predicted molar refractivity (Wildman–Crippen MR) is 81.7 cm³/mol. The maximum Gasteiger partial charge on any atom is 0.228 e. The molecule has 1 heterocycles. The van der Waals surface area contributed by atoms with Gasteiger partial charge in [0.15, 0.2) is 0 Å². The fraction of sp³-hybridized carbons (Fsp3) is 0.188. The number of aryl methyl sites for hydroxylation is 1. The van der Waals surface area contributed by atoms with Crippen LogP contribution in [0.25, 0.3) is 0 Å². The van der Waals surface area contributed by atoms with Gasteiger partial charge in [0.05, 0.1) is 6.42 Å². The summed E-state index contributed by atoms with van der Waals surface area (Å²) < 4.78 is 0.880. The van der Waals surface area contributed by atoms with E-state index in [2.05, 4.69) is 21.2 Å². The van der Waals surface area contributed by atoms with Crippen LogP contribution in [0, 0.1) is 6.92 Å². The van der Waals surface area contributed by atoms with Crippen LogP contribution in [0.1, 0.15) is 28.4 Å². The Labute approximate surface area is 125 Å². The number of rotatable bonds is 2. The average molecular weight is 332 g/mol. The number of carbonyl (C=O) groups is 1. The Bertz CT molecular complexity index is 697. The lowest BCUT2D eigenvalue weighted by molar-refractivity contribution is -0.115. The fourth-order valence-corrected chi connectivity index (χ4v) is 2.94. The van der Waals surface area contributed by atoms with Gasteiger partial charge in [0.25, 0.3) is 0 Å². The molecule has 1 aliphatic rings. The molecule has 0 fully saturated rings.